The van der Waals surface area contributed by atoms with Crippen molar-refractivity contribution < 1.29 is 19.4 Å². The summed E-state index contributed by atoms with van der Waals surface area (Å²) in [7, 11) is 0. The average Bonchev–Trinajstić information content (AvgIpc) is 2.24. The fourth-order valence-corrected chi connectivity index (χ4v) is 2.00. The van der Waals surface area contributed by atoms with Crippen molar-refractivity contribution in [3.05, 3.63) is 34.6 Å². The Morgan fingerprint density at radius 2 is 2.18 bits per heavy atom. The molecule has 1 aromatic rings. The zero-order chi connectivity index (χ0) is 13.0. The first kappa shape index (κ1) is 13.9. The summed E-state index contributed by atoms with van der Waals surface area (Å²) in [4.78, 5) is 11.0. The third-order valence-corrected chi connectivity index (χ3v) is 2.92. The van der Waals surface area contributed by atoms with E-state index in [9.17, 15) is 14.3 Å². The highest BCUT2D eigenvalue weighted by molar-refractivity contribution is 6.31. The van der Waals surface area contributed by atoms with E-state index in [2.05, 4.69) is 0 Å². The molecule has 0 fully saturated rings. The second-order valence-electron chi connectivity index (χ2n) is 3.81. The second-order valence-corrected chi connectivity index (χ2v) is 4.22. The molecule has 94 valence electrons. The molecule has 0 aromatic heterocycles. The van der Waals surface area contributed by atoms with Gasteiger partial charge in [-0.1, -0.05) is 31.0 Å². The van der Waals surface area contributed by atoms with Crippen LogP contribution in [-0.4, -0.2) is 16.2 Å². The zero-order valence-corrected chi connectivity index (χ0v) is 10.1. The van der Waals surface area contributed by atoms with Crippen molar-refractivity contribution in [2.45, 2.75) is 25.9 Å². The molecule has 0 bridgehead atoms. The molecule has 0 spiro atoms. The largest absolute Gasteiger partial charge is 0.481 e. The molecular weight excluding hydrogens is 247 g/mol. The lowest BCUT2D eigenvalue weighted by molar-refractivity contribution is -0.146. The quantitative estimate of drug-likeness (QED) is 0.856. The highest BCUT2D eigenvalue weighted by Gasteiger charge is 2.30. The van der Waals surface area contributed by atoms with E-state index in [0.29, 0.717) is 6.42 Å². The number of hydrogen-bond acceptors (Lipinski definition) is 2. The summed E-state index contributed by atoms with van der Waals surface area (Å²) in [5.41, 5.74) is -0.144. The summed E-state index contributed by atoms with van der Waals surface area (Å²) < 4.78 is 13.5. The first-order valence-electron chi connectivity index (χ1n) is 5.33. The normalized spacial score (nSPS) is 14.4. The van der Waals surface area contributed by atoms with Crippen LogP contribution < -0.4 is 0 Å². The van der Waals surface area contributed by atoms with Gasteiger partial charge in [0.05, 0.1) is 12.0 Å². The third-order valence-electron chi connectivity index (χ3n) is 2.59. The van der Waals surface area contributed by atoms with Gasteiger partial charge in [-0.15, -0.1) is 0 Å². The van der Waals surface area contributed by atoms with E-state index < -0.39 is 23.8 Å². The fourth-order valence-electron chi connectivity index (χ4n) is 1.72. The molecule has 0 aliphatic rings. The molecule has 0 heterocycles. The summed E-state index contributed by atoms with van der Waals surface area (Å²) in [6, 6.07) is 3.98. The van der Waals surface area contributed by atoms with Crippen LogP contribution in [0.1, 0.15) is 31.4 Å². The van der Waals surface area contributed by atoms with Gasteiger partial charge in [0.15, 0.2) is 0 Å². The van der Waals surface area contributed by atoms with Gasteiger partial charge in [-0.3, -0.25) is 4.79 Å². The minimum Gasteiger partial charge on any atom is -0.481 e. The maximum atomic E-state index is 13.5. The molecular formula is C12H14ClFO3. The molecule has 0 saturated heterocycles. The van der Waals surface area contributed by atoms with Crippen molar-refractivity contribution in [1.82, 2.24) is 0 Å². The van der Waals surface area contributed by atoms with E-state index in [-0.39, 0.29) is 17.0 Å². The molecule has 5 heteroatoms. The fraction of sp³-hybridized carbons (Fsp3) is 0.417. The third kappa shape index (κ3) is 3.17. The molecule has 17 heavy (non-hydrogen) atoms. The predicted octanol–water partition coefficient (Wildman–Crippen LogP) is 3.01. The van der Waals surface area contributed by atoms with Crippen LogP contribution in [0.4, 0.5) is 4.39 Å². The molecule has 2 unspecified atom stereocenters. The van der Waals surface area contributed by atoms with Gasteiger partial charge in [-0.05, 0) is 18.6 Å². The first-order chi connectivity index (χ1) is 7.99. The van der Waals surface area contributed by atoms with Crippen molar-refractivity contribution in [1.29, 1.82) is 0 Å². The van der Waals surface area contributed by atoms with Crippen molar-refractivity contribution in [2.24, 2.45) is 5.92 Å². The van der Waals surface area contributed by atoms with E-state index in [1.54, 1.807) is 6.92 Å². The maximum absolute atomic E-state index is 13.5. The molecule has 3 nitrogen and oxygen atoms in total. The smallest absolute Gasteiger partial charge is 0.309 e. The lowest BCUT2D eigenvalue weighted by Crippen LogP contribution is -2.23. The molecule has 0 aliphatic heterocycles. The lowest BCUT2D eigenvalue weighted by Gasteiger charge is -2.20. The highest BCUT2D eigenvalue weighted by Crippen LogP contribution is 2.32. The van der Waals surface area contributed by atoms with Gasteiger partial charge in [-0.2, -0.15) is 0 Å². The SMILES string of the molecule is CCCC(C(=O)O)C(O)c1c(F)cccc1Cl. The van der Waals surface area contributed by atoms with Gasteiger partial charge in [0, 0.05) is 10.6 Å². The second kappa shape index (κ2) is 5.98. The van der Waals surface area contributed by atoms with E-state index in [4.69, 9.17) is 16.7 Å². The Kier molecular flexibility index (Phi) is 4.90. The Hall–Kier alpha value is -1.13. The maximum Gasteiger partial charge on any atom is 0.309 e. The number of carbonyl (C=O) groups is 1. The number of carboxylic acid groups (broad SMARTS) is 1. The summed E-state index contributed by atoms with van der Waals surface area (Å²) in [6.45, 7) is 1.80. The molecule has 2 atom stereocenters. The van der Waals surface area contributed by atoms with Crippen LogP contribution in [-0.2, 0) is 4.79 Å². The van der Waals surface area contributed by atoms with Gasteiger partial charge in [-0.25, -0.2) is 4.39 Å². The van der Waals surface area contributed by atoms with Gasteiger partial charge < -0.3 is 10.2 Å². The minimum absolute atomic E-state index is 0.0415. The molecule has 0 radical (unpaired) electrons. The topological polar surface area (TPSA) is 57.5 Å². The number of halogens is 2. The summed E-state index contributed by atoms with van der Waals surface area (Å²) in [5, 5.41) is 19.0. The number of benzene rings is 1. The van der Waals surface area contributed by atoms with E-state index in [1.165, 1.54) is 12.1 Å². The zero-order valence-electron chi connectivity index (χ0n) is 9.36. The predicted molar refractivity (Wildman–Crippen MR) is 62.4 cm³/mol. The standard InChI is InChI=1S/C12H14ClFO3/c1-2-4-7(12(16)17)11(15)10-8(13)5-3-6-9(10)14/h3,5-7,11,15H,2,4H2,1H3,(H,16,17). The van der Waals surface area contributed by atoms with Crippen LogP contribution >= 0.6 is 11.6 Å². The number of hydrogen-bond donors (Lipinski definition) is 2. The van der Waals surface area contributed by atoms with Gasteiger partial charge in [0.25, 0.3) is 0 Å². The van der Waals surface area contributed by atoms with Crippen LogP contribution in [0.5, 0.6) is 0 Å². The molecule has 1 rings (SSSR count). The molecule has 0 amide bonds. The van der Waals surface area contributed by atoms with E-state index in [1.807, 2.05) is 0 Å². The first-order valence-corrected chi connectivity index (χ1v) is 5.71. The average molecular weight is 261 g/mol. The highest BCUT2D eigenvalue weighted by atomic mass is 35.5. The van der Waals surface area contributed by atoms with Crippen LogP contribution in [0, 0.1) is 11.7 Å². The van der Waals surface area contributed by atoms with Crippen LogP contribution in [0.3, 0.4) is 0 Å². The molecule has 0 aliphatic carbocycles. The van der Waals surface area contributed by atoms with Crippen molar-refractivity contribution in [2.75, 3.05) is 0 Å². The van der Waals surface area contributed by atoms with E-state index >= 15 is 0 Å². The number of aliphatic hydroxyl groups excluding tert-OH is 1. The number of rotatable bonds is 5. The minimum atomic E-state index is -1.43. The Bertz CT molecular complexity index is 388. The Morgan fingerprint density at radius 1 is 1.53 bits per heavy atom. The molecule has 2 N–H and O–H groups in total. The van der Waals surface area contributed by atoms with Gasteiger partial charge >= 0.3 is 5.97 Å². The monoisotopic (exact) mass is 260 g/mol. The van der Waals surface area contributed by atoms with Gasteiger partial charge in [0.1, 0.15) is 5.82 Å². The summed E-state index contributed by atoms with van der Waals surface area (Å²) in [5.74, 6) is -2.89. The summed E-state index contributed by atoms with van der Waals surface area (Å²) >= 11 is 5.78. The van der Waals surface area contributed by atoms with Crippen LogP contribution in [0.2, 0.25) is 5.02 Å². The van der Waals surface area contributed by atoms with Crippen molar-refractivity contribution >= 4 is 17.6 Å². The van der Waals surface area contributed by atoms with Crippen LogP contribution in [0.15, 0.2) is 18.2 Å². The van der Waals surface area contributed by atoms with Crippen LogP contribution in [0.25, 0.3) is 0 Å². The van der Waals surface area contributed by atoms with E-state index in [0.717, 1.165) is 6.07 Å². The van der Waals surface area contributed by atoms with Crippen molar-refractivity contribution in [3.8, 4) is 0 Å². The number of aliphatic carboxylic acids is 1. The summed E-state index contributed by atoms with van der Waals surface area (Å²) in [6.07, 6.45) is -0.581. The Labute approximate surface area is 104 Å². The number of aliphatic hydroxyl groups is 1. The Balaban J connectivity index is 3.09. The molecule has 0 saturated carbocycles. The Morgan fingerprint density at radius 3 is 2.65 bits per heavy atom. The lowest BCUT2D eigenvalue weighted by atomic mass is 9.91. The molecule has 1 aromatic carbocycles. The number of carboxylic acids is 1. The van der Waals surface area contributed by atoms with Gasteiger partial charge in [0.2, 0.25) is 0 Å². The van der Waals surface area contributed by atoms with Crippen molar-refractivity contribution in [3.63, 3.8) is 0 Å².